The predicted octanol–water partition coefficient (Wildman–Crippen LogP) is 3.25. The molecule has 3 unspecified atom stereocenters. The van der Waals surface area contributed by atoms with E-state index >= 15 is 0 Å². The van der Waals surface area contributed by atoms with Crippen molar-refractivity contribution in [2.45, 2.75) is 5.92 Å². The zero-order valence-corrected chi connectivity index (χ0v) is 9.79. The van der Waals surface area contributed by atoms with Crippen LogP contribution >= 0.6 is 0 Å². The second-order valence-electron chi connectivity index (χ2n) is 4.71. The normalized spacial score (nSPS) is 30.5. The van der Waals surface area contributed by atoms with Gasteiger partial charge < -0.3 is 5.32 Å². The third-order valence-electron chi connectivity index (χ3n) is 3.69. The number of allylic oxidation sites excluding steroid dienone is 5. The molecular weight excluding hydrogens is 206 g/mol. The molecule has 1 heterocycles. The van der Waals surface area contributed by atoms with Crippen LogP contribution in [-0.2, 0) is 0 Å². The predicted molar refractivity (Wildman–Crippen MR) is 71.6 cm³/mol. The van der Waals surface area contributed by atoms with Crippen LogP contribution in [0.4, 0.5) is 0 Å². The van der Waals surface area contributed by atoms with Crippen molar-refractivity contribution in [3.8, 4) is 0 Å². The molecule has 0 bridgehead atoms. The lowest BCUT2D eigenvalue weighted by atomic mass is 9.76. The summed E-state index contributed by atoms with van der Waals surface area (Å²) < 4.78 is 0. The van der Waals surface area contributed by atoms with Crippen molar-refractivity contribution >= 4 is 0 Å². The molecule has 0 saturated carbocycles. The van der Waals surface area contributed by atoms with Crippen molar-refractivity contribution in [1.82, 2.24) is 5.32 Å². The van der Waals surface area contributed by atoms with E-state index in [2.05, 4.69) is 72.2 Å². The standard InChI is InChI=1S/C16H17N/c1-2-6-13(7-3-1)16-12-17-11-10-14-8-4-5-9-15(14)16/h1-11,14-17H,12H2. The molecule has 0 spiro atoms. The van der Waals surface area contributed by atoms with Gasteiger partial charge in [-0.05, 0) is 17.7 Å². The Kier molecular flexibility index (Phi) is 2.83. The van der Waals surface area contributed by atoms with Crippen molar-refractivity contribution < 1.29 is 0 Å². The van der Waals surface area contributed by atoms with E-state index in [1.807, 2.05) is 0 Å². The van der Waals surface area contributed by atoms with Gasteiger partial charge in [0.05, 0.1) is 0 Å². The van der Waals surface area contributed by atoms with Crippen LogP contribution in [0.3, 0.4) is 0 Å². The molecule has 0 amide bonds. The van der Waals surface area contributed by atoms with Crippen LogP contribution in [-0.4, -0.2) is 6.54 Å². The number of rotatable bonds is 1. The molecule has 0 saturated heterocycles. The maximum Gasteiger partial charge on any atom is 0.0216 e. The molecule has 3 atom stereocenters. The van der Waals surface area contributed by atoms with E-state index in [-0.39, 0.29) is 0 Å². The summed E-state index contributed by atoms with van der Waals surface area (Å²) in [5.74, 6) is 1.66. The second-order valence-corrected chi connectivity index (χ2v) is 4.71. The van der Waals surface area contributed by atoms with Crippen LogP contribution in [0.5, 0.6) is 0 Å². The first-order chi connectivity index (χ1) is 8.45. The minimum absolute atomic E-state index is 0.528. The fourth-order valence-electron chi connectivity index (χ4n) is 2.79. The van der Waals surface area contributed by atoms with Crippen LogP contribution in [0.2, 0.25) is 0 Å². The van der Waals surface area contributed by atoms with Crippen LogP contribution < -0.4 is 5.32 Å². The Morgan fingerprint density at radius 3 is 2.65 bits per heavy atom. The first kappa shape index (κ1) is 10.4. The largest absolute Gasteiger partial charge is 0.390 e. The molecule has 3 rings (SSSR count). The molecule has 1 heteroatoms. The lowest BCUT2D eigenvalue weighted by Gasteiger charge is -2.28. The van der Waals surface area contributed by atoms with Crippen molar-refractivity contribution in [2.75, 3.05) is 6.54 Å². The Morgan fingerprint density at radius 1 is 0.941 bits per heavy atom. The smallest absolute Gasteiger partial charge is 0.0216 e. The molecule has 1 aromatic carbocycles. The van der Waals surface area contributed by atoms with E-state index in [9.17, 15) is 0 Å². The maximum absolute atomic E-state index is 3.40. The lowest BCUT2D eigenvalue weighted by Crippen LogP contribution is -2.24. The minimum Gasteiger partial charge on any atom is -0.390 e. The summed E-state index contributed by atoms with van der Waals surface area (Å²) in [7, 11) is 0. The molecule has 0 aromatic heterocycles. The van der Waals surface area contributed by atoms with Crippen molar-refractivity contribution in [1.29, 1.82) is 0 Å². The third-order valence-corrected chi connectivity index (χ3v) is 3.69. The minimum atomic E-state index is 0.528. The van der Waals surface area contributed by atoms with Gasteiger partial charge in [0.1, 0.15) is 0 Å². The van der Waals surface area contributed by atoms with Crippen LogP contribution in [0.25, 0.3) is 0 Å². The molecule has 2 aliphatic rings. The zero-order chi connectivity index (χ0) is 11.5. The van der Waals surface area contributed by atoms with Gasteiger partial charge in [-0.25, -0.2) is 0 Å². The van der Waals surface area contributed by atoms with E-state index in [1.54, 1.807) is 0 Å². The molecule has 1 aliphatic heterocycles. The molecule has 0 fully saturated rings. The highest BCUT2D eigenvalue weighted by Crippen LogP contribution is 2.35. The molecule has 1 aliphatic carbocycles. The Bertz CT molecular complexity index is 456. The molecule has 1 aromatic rings. The van der Waals surface area contributed by atoms with E-state index in [0.29, 0.717) is 17.8 Å². The summed E-state index contributed by atoms with van der Waals surface area (Å²) in [6.45, 7) is 1.01. The van der Waals surface area contributed by atoms with Crippen molar-refractivity contribution in [2.24, 2.45) is 11.8 Å². The van der Waals surface area contributed by atoms with Gasteiger partial charge in [-0.2, -0.15) is 0 Å². The summed E-state index contributed by atoms with van der Waals surface area (Å²) >= 11 is 0. The third kappa shape index (κ3) is 2.05. The van der Waals surface area contributed by atoms with E-state index in [0.717, 1.165) is 6.54 Å². The number of benzene rings is 1. The molecule has 1 nitrogen and oxygen atoms in total. The lowest BCUT2D eigenvalue weighted by molar-refractivity contribution is 0.449. The van der Waals surface area contributed by atoms with Gasteiger partial charge in [0.2, 0.25) is 0 Å². The van der Waals surface area contributed by atoms with Gasteiger partial charge in [-0.15, -0.1) is 0 Å². The monoisotopic (exact) mass is 223 g/mol. The van der Waals surface area contributed by atoms with Crippen LogP contribution in [0.1, 0.15) is 11.5 Å². The SMILES string of the molecule is C1=CC2C=CNCC(c3ccccc3)C2C=C1. The summed E-state index contributed by atoms with van der Waals surface area (Å²) in [5, 5.41) is 3.40. The number of hydrogen-bond acceptors (Lipinski definition) is 1. The van der Waals surface area contributed by atoms with Crippen molar-refractivity contribution in [3.63, 3.8) is 0 Å². The van der Waals surface area contributed by atoms with Gasteiger partial charge in [-0.1, -0.05) is 60.7 Å². The zero-order valence-electron chi connectivity index (χ0n) is 9.79. The van der Waals surface area contributed by atoms with E-state index < -0.39 is 0 Å². The van der Waals surface area contributed by atoms with E-state index in [1.165, 1.54) is 5.56 Å². The second kappa shape index (κ2) is 4.62. The fraction of sp³-hybridized carbons (Fsp3) is 0.250. The summed E-state index contributed by atoms with van der Waals surface area (Å²) in [6.07, 6.45) is 13.3. The Morgan fingerprint density at radius 2 is 1.76 bits per heavy atom. The molecule has 17 heavy (non-hydrogen) atoms. The first-order valence-electron chi connectivity index (χ1n) is 6.25. The highest BCUT2D eigenvalue weighted by Gasteiger charge is 2.28. The quantitative estimate of drug-likeness (QED) is 0.770. The Labute approximate surface area is 103 Å². The average Bonchev–Trinajstić information content (AvgIpc) is 2.62. The molecule has 1 N–H and O–H groups in total. The van der Waals surface area contributed by atoms with Crippen LogP contribution in [0.15, 0.2) is 66.9 Å². The Hall–Kier alpha value is -1.76. The summed E-state index contributed by atoms with van der Waals surface area (Å²) in [4.78, 5) is 0. The average molecular weight is 223 g/mol. The molecule has 0 radical (unpaired) electrons. The fourth-order valence-corrected chi connectivity index (χ4v) is 2.79. The number of nitrogens with one attached hydrogen (secondary N) is 1. The number of hydrogen-bond donors (Lipinski definition) is 1. The van der Waals surface area contributed by atoms with Crippen LogP contribution in [0, 0.1) is 11.8 Å². The van der Waals surface area contributed by atoms with Gasteiger partial charge >= 0.3 is 0 Å². The number of fused-ring (bicyclic) bond motifs is 1. The summed E-state index contributed by atoms with van der Waals surface area (Å²) in [6, 6.07) is 10.8. The highest BCUT2D eigenvalue weighted by molar-refractivity contribution is 5.29. The van der Waals surface area contributed by atoms with Gasteiger partial charge in [0, 0.05) is 18.4 Å². The van der Waals surface area contributed by atoms with Gasteiger partial charge in [0.25, 0.3) is 0 Å². The maximum atomic E-state index is 3.40. The molecule has 86 valence electrons. The van der Waals surface area contributed by atoms with Crippen molar-refractivity contribution in [3.05, 3.63) is 72.5 Å². The summed E-state index contributed by atoms with van der Waals surface area (Å²) in [5.41, 5.74) is 1.43. The topological polar surface area (TPSA) is 12.0 Å². The van der Waals surface area contributed by atoms with E-state index in [4.69, 9.17) is 0 Å². The first-order valence-corrected chi connectivity index (χ1v) is 6.25. The molecular formula is C16H17N. The highest BCUT2D eigenvalue weighted by atomic mass is 14.8. The van der Waals surface area contributed by atoms with Gasteiger partial charge in [-0.3, -0.25) is 0 Å². The Balaban J connectivity index is 1.94. The van der Waals surface area contributed by atoms with Gasteiger partial charge in [0.15, 0.2) is 0 Å².